The third-order valence-corrected chi connectivity index (χ3v) is 4.09. The molecule has 1 aliphatic rings. The van der Waals surface area contributed by atoms with Gasteiger partial charge in [0.15, 0.2) is 0 Å². The summed E-state index contributed by atoms with van der Waals surface area (Å²) in [5.74, 6) is 0.688. The van der Waals surface area contributed by atoms with Gasteiger partial charge < -0.3 is 20.1 Å². The van der Waals surface area contributed by atoms with Gasteiger partial charge in [0.1, 0.15) is 5.75 Å². The van der Waals surface area contributed by atoms with Gasteiger partial charge in [-0.15, -0.1) is 0 Å². The van der Waals surface area contributed by atoms with E-state index in [1.807, 2.05) is 36.1 Å². The van der Waals surface area contributed by atoms with Gasteiger partial charge in [-0.25, -0.2) is 0 Å². The summed E-state index contributed by atoms with van der Waals surface area (Å²) in [5, 5.41) is 0. The number of hydrogen-bond acceptors (Lipinski definition) is 4. The molecule has 0 radical (unpaired) electrons. The first-order valence-corrected chi connectivity index (χ1v) is 7.88. The van der Waals surface area contributed by atoms with Crippen molar-refractivity contribution in [2.75, 3.05) is 26.8 Å². The molecule has 1 amide bonds. The number of amides is 1. The second-order valence-electron chi connectivity index (χ2n) is 5.80. The molecule has 1 aromatic rings. The van der Waals surface area contributed by atoms with Crippen LogP contribution >= 0.6 is 0 Å². The smallest absolute Gasteiger partial charge is 0.227 e. The second kappa shape index (κ2) is 8.15. The maximum absolute atomic E-state index is 12.6. The zero-order valence-corrected chi connectivity index (χ0v) is 13.5. The van der Waals surface area contributed by atoms with Crippen molar-refractivity contribution in [3.05, 3.63) is 29.8 Å². The van der Waals surface area contributed by atoms with Crippen LogP contribution in [-0.2, 0) is 16.1 Å². The Balaban J connectivity index is 2.13. The summed E-state index contributed by atoms with van der Waals surface area (Å²) in [4.78, 5) is 14.5. The van der Waals surface area contributed by atoms with E-state index in [1.165, 1.54) is 0 Å². The summed E-state index contributed by atoms with van der Waals surface area (Å²) in [6.45, 7) is 4.14. The van der Waals surface area contributed by atoms with Crippen molar-refractivity contribution in [2.45, 2.75) is 32.4 Å². The average molecular weight is 306 g/mol. The number of hydrogen-bond donors (Lipinski definition) is 1. The number of nitrogens with two attached hydrogens (primary N) is 1. The van der Waals surface area contributed by atoms with Gasteiger partial charge in [-0.2, -0.15) is 0 Å². The molecule has 0 saturated carbocycles. The van der Waals surface area contributed by atoms with Gasteiger partial charge in [-0.1, -0.05) is 25.1 Å². The molecule has 1 fully saturated rings. The molecule has 2 N–H and O–H groups in total. The van der Waals surface area contributed by atoms with E-state index in [4.69, 9.17) is 15.2 Å². The molecule has 1 aromatic carbocycles. The molecule has 5 heteroatoms. The molecule has 1 heterocycles. The first kappa shape index (κ1) is 16.8. The van der Waals surface area contributed by atoms with Crippen molar-refractivity contribution in [3.63, 3.8) is 0 Å². The van der Waals surface area contributed by atoms with Crippen molar-refractivity contribution >= 4 is 5.91 Å². The Morgan fingerprint density at radius 1 is 1.50 bits per heavy atom. The zero-order chi connectivity index (χ0) is 15.9. The predicted molar refractivity (Wildman–Crippen MR) is 85.6 cm³/mol. The Hall–Kier alpha value is -1.59. The molecule has 2 rings (SSSR count). The summed E-state index contributed by atoms with van der Waals surface area (Å²) in [7, 11) is 1.65. The molecule has 122 valence electrons. The number of para-hydroxylation sites is 1. The SMILES string of the molecule is COc1ccccc1CN(CC1CCCO1)C(=O)C(C)CN. The van der Waals surface area contributed by atoms with Crippen LogP contribution in [0.15, 0.2) is 24.3 Å². The van der Waals surface area contributed by atoms with Crippen LogP contribution in [-0.4, -0.2) is 43.7 Å². The summed E-state index contributed by atoms with van der Waals surface area (Å²) in [6, 6.07) is 7.79. The Labute approximate surface area is 132 Å². The maximum atomic E-state index is 12.6. The summed E-state index contributed by atoms with van der Waals surface area (Å²) >= 11 is 0. The van der Waals surface area contributed by atoms with Crippen molar-refractivity contribution in [1.29, 1.82) is 0 Å². The molecule has 5 nitrogen and oxygen atoms in total. The molecule has 0 bridgehead atoms. The minimum atomic E-state index is -0.184. The molecular formula is C17H26N2O3. The van der Waals surface area contributed by atoms with E-state index in [9.17, 15) is 4.79 Å². The number of methoxy groups -OCH3 is 1. The Kier molecular flexibility index (Phi) is 6.21. The van der Waals surface area contributed by atoms with Gasteiger partial charge in [-0.3, -0.25) is 4.79 Å². The standard InChI is InChI=1S/C17H26N2O3/c1-13(10-18)17(20)19(12-15-7-5-9-22-15)11-14-6-3-4-8-16(14)21-2/h3-4,6,8,13,15H,5,7,9-12,18H2,1-2H3. The molecule has 1 aliphatic heterocycles. The highest BCUT2D eigenvalue weighted by Crippen LogP contribution is 2.22. The van der Waals surface area contributed by atoms with Crippen molar-refractivity contribution in [1.82, 2.24) is 4.90 Å². The fourth-order valence-corrected chi connectivity index (χ4v) is 2.72. The van der Waals surface area contributed by atoms with Crippen molar-refractivity contribution in [2.24, 2.45) is 11.7 Å². The highest BCUT2D eigenvalue weighted by atomic mass is 16.5. The van der Waals surface area contributed by atoms with Gasteiger partial charge >= 0.3 is 0 Å². The Morgan fingerprint density at radius 2 is 2.27 bits per heavy atom. The Bertz CT molecular complexity index is 487. The van der Waals surface area contributed by atoms with Crippen LogP contribution in [0.25, 0.3) is 0 Å². The molecule has 0 spiro atoms. The van der Waals surface area contributed by atoms with Crippen LogP contribution in [0.4, 0.5) is 0 Å². The number of carbonyl (C=O) groups excluding carboxylic acids is 1. The van der Waals surface area contributed by atoms with Gasteiger partial charge in [0, 0.05) is 37.7 Å². The van der Waals surface area contributed by atoms with E-state index in [2.05, 4.69) is 0 Å². The van der Waals surface area contributed by atoms with Crippen LogP contribution in [0.3, 0.4) is 0 Å². The number of benzene rings is 1. The molecule has 1 saturated heterocycles. The number of carbonyl (C=O) groups is 1. The first-order valence-electron chi connectivity index (χ1n) is 7.88. The highest BCUT2D eigenvalue weighted by Gasteiger charge is 2.26. The summed E-state index contributed by atoms with van der Waals surface area (Å²) in [5.41, 5.74) is 6.67. The monoisotopic (exact) mass is 306 g/mol. The first-order chi connectivity index (χ1) is 10.7. The summed E-state index contributed by atoms with van der Waals surface area (Å²) in [6.07, 6.45) is 2.20. The number of nitrogens with zero attached hydrogens (tertiary/aromatic N) is 1. The van der Waals surface area contributed by atoms with E-state index < -0.39 is 0 Å². The van der Waals surface area contributed by atoms with Gasteiger partial charge in [0.2, 0.25) is 5.91 Å². The van der Waals surface area contributed by atoms with Crippen LogP contribution in [0, 0.1) is 5.92 Å². The van der Waals surface area contributed by atoms with Gasteiger partial charge in [-0.05, 0) is 18.9 Å². The van der Waals surface area contributed by atoms with E-state index >= 15 is 0 Å². The lowest BCUT2D eigenvalue weighted by Gasteiger charge is -2.28. The highest BCUT2D eigenvalue weighted by molar-refractivity contribution is 5.78. The minimum Gasteiger partial charge on any atom is -0.496 e. The molecule has 2 atom stereocenters. The lowest BCUT2D eigenvalue weighted by Crippen LogP contribution is -2.41. The largest absolute Gasteiger partial charge is 0.496 e. The molecule has 2 unspecified atom stereocenters. The normalized spacial score (nSPS) is 19.0. The van der Waals surface area contributed by atoms with Crippen LogP contribution < -0.4 is 10.5 Å². The fraction of sp³-hybridized carbons (Fsp3) is 0.588. The third-order valence-electron chi connectivity index (χ3n) is 4.09. The van der Waals surface area contributed by atoms with E-state index in [1.54, 1.807) is 7.11 Å². The predicted octanol–water partition coefficient (Wildman–Crippen LogP) is 1.80. The van der Waals surface area contributed by atoms with Crippen LogP contribution in [0.1, 0.15) is 25.3 Å². The van der Waals surface area contributed by atoms with E-state index in [0.717, 1.165) is 30.8 Å². The molecule has 22 heavy (non-hydrogen) atoms. The topological polar surface area (TPSA) is 64.8 Å². The molecular weight excluding hydrogens is 280 g/mol. The lowest BCUT2D eigenvalue weighted by molar-refractivity contribution is -0.137. The van der Waals surface area contributed by atoms with E-state index in [0.29, 0.717) is 19.6 Å². The minimum absolute atomic E-state index is 0.0731. The summed E-state index contributed by atoms with van der Waals surface area (Å²) < 4.78 is 11.1. The zero-order valence-electron chi connectivity index (χ0n) is 13.5. The maximum Gasteiger partial charge on any atom is 0.227 e. The number of rotatable bonds is 7. The molecule has 0 aliphatic carbocycles. The van der Waals surface area contributed by atoms with Crippen LogP contribution in [0.5, 0.6) is 5.75 Å². The number of ether oxygens (including phenoxy) is 2. The quantitative estimate of drug-likeness (QED) is 0.834. The second-order valence-corrected chi connectivity index (χ2v) is 5.80. The van der Waals surface area contributed by atoms with Crippen LogP contribution in [0.2, 0.25) is 0 Å². The third kappa shape index (κ3) is 4.21. The Morgan fingerprint density at radius 3 is 2.91 bits per heavy atom. The van der Waals surface area contributed by atoms with E-state index in [-0.39, 0.29) is 17.9 Å². The van der Waals surface area contributed by atoms with Crippen molar-refractivity contribution < 1.29 is 14.3 Å². The van der Waals surface area contributed by atoms with Gasteiger partial charge in [0.25, 0.3) is 0 Å². The fourth-order valence-electron chi connectivity index (χ4n) is 2.72. The lowest BCUT2D eigenvalue weighted by atomic mass is 10.1. The average Bonchev–Trinajstić information content (AvgIpc) is 3.06. The molecule has 0 aromatic heterocycles. The van der Waals surface area contributed by atoms with Gasteiger partial charge in [0.05, 0.1) is 13.2 Å². The van der Waals surface area contributed by atoms with Crippen molar-refractivity contribution in [3.8, 4) is 5.75 Å².